The maximum Gasteiger partial charge on any atom is 0.291 e. The Kier molecular flexibility index (Phi) is 2.76. The molecule has 7 heteroatoms. The molecule has 0 aliphatic rings. The summed E-state index contributed by atoms with van der Waals surface area (Å²) in [5, 5.41) is 8.26. The first-order chi connectivity index (χ1) is 9.81. The average Bonchev–Trinajstić information content (AvgIpc) is 3.19. The molecule has 0 unspecified atom stereocenters. The van der Waals surface area contributed by atoms with Crippen molar-refractivity contribution in [2.45, 2.75) is 0 Å². The van der Waals surface area contributed by atoms with E-state index in [1.807, 2.05) is 41.1 Å². The third-order valence-electron chi connectivity index (χ3n) is 2.74. The molecule has 0 spiro atoms. The van der Waals surface area contributed by atoms with E-state index in [0.717, 1.165) is 9.75 Å². The Morgan fingerprint density at radius 1 is 1.15 bits per heavy atom. The van der Waals surface area contributed by atoms with Crippen LogP contribution in [0.5, 0.6) is 0 Å². The number of hydrogen-bond donors (Lipinski definition) is 0. The van der Waals surface area contributed by atoms with Crippen LogP contribution in [0.4, 0.5) is 0 Å². The summed E-state index contributed by atoms with van der Waals surface area (Å²) in [7, 11) is 0. The summed E-state index contributed by atoms with van der Waals surface area (Å²) in [6, 6.07) is 7.85. The predicted octanol–water partition coefficient (Wildman–Crippen LogP) is 2.49. The molecule has 20 heavy (non-hydrogen) atoms. The molecule has 0 fully saturated rings. The van der Waals surface area contributed by atoms with E-state index >= 15 is 0 Å². The van der Waals surface area contributed by atoms with Gasteiger partial charge in [0.2, 0.25) is 4.96 Å². The normalized spacial score (nSPS) is 12.5. The van der Waals surface area contributed by atoms with Crippen LogP contribution in [0.15, 0.2) is 39.8 Å². The second kappa shape index (κ2) is 4.62. The lowest BCUT2D eigenvalue weighted by Gasteiger charge is -1.84. The standard InChI is InChI=1S/C13H7N3OS3/c17-12-10(7-8-3-1-5-18-8)20-13-14-11(15-16(12)13)9-4-2-6-19-9/h1-7H. The maximum absolute atomic E-state index is 12.3. The maximum atomic E-state index is 12.3. The molecular weight excluding hydrogens is 310 g/mol. The molecule has 0 N–H and O–H groups in total. The highest BCUT2D eigenvalue weighted by Crippen LogP contribution is 2.21. The van der Waals surface area contributed by atoms with E-state index in [4.69, 9.17) is 0 Å². The molecule has 4 aromatic rings. The minimum atomic E-state index is -0.103. The van der Waals surface area contributed by atoms with Gasteiger partial charge in [0.25, 0.3) is 5.56 Å². The molecule has 4 rings (SSSR count). The van der Waals surface area contributed by atoms with Crippen LogP contribution in [0.2, 0.25) is 0 Å². The van der Waals surface area contributed by atoms with Crippen molar-refractivity contribution in [2.24, 2.45) is 0 Å². The Balaban J connectivity index is 1.90. The van der Waals surface area contributed by atoms with Gasteiger partial charge in [0, 0.05) is 4.88 Å². The Hall–Kier alpha value is -1.83. The lowest BCUT2D eigenvalue weighted by Crippen LogP contribution is -2.23. The van der Waals surface area contributed by atoms with Gasteiger partial charge in [0.05, 0.1) is 9.41 Å². The van der Waals surface area contributed by atoms with Crippen LogP contribution in [0.3, 0.4) is 0 Å². The molecule has 0 saturated carbocycles. The van der Waals surface area contributed by atoms with Crippen molar-refractivity contribution in [1.29, 1.82) is 0 Å². The molecule has 0 radical (unpaired) electrons. The number of thiazole rings is 1. The summed E-state index contributed by atoms with van der Waals surface area (Å²) in [6.07, 6.45) is 1.89. The van der Waals surface area contributed by atoms with Gasteiger partial charge in [-0.15, -0.1) is 27.8 Å². The van der Waals surface area contributed by atoms with Gasteiger partial charge in [-0.1, -0.05) is 23.5 Å². The number of nitrogens with zero attached hydrogens (tertiary/aromatic N) is 3. The van der Waals surface area contributed by atoms with E-state index in [2.05, 4.69) is 10.1 Å². The second-order valence-corrected chi connectivity index (χ2v) is 6.97. The molecule has 4 aromatic heterocycles. The van der Waals surface area contributed by atoms with Gasteiger partial charge >= 0.3 is 0 Å². The van der Waals surface area contributed by atoms with Crippen molar-refractivity contribution in [3.63, 3.8) is 0 Å². The Bertz CT molecular complexity index is 965. The van der Waals surface area contributed by atoms with Crippen LogP contribution in [0, 0.1) is 0 Å². The predicted molar refractivity (Wildman–Crippen MR) is 83.6 cm³/mol. The van der Waals surface area contributed by atoms with Crippen molar-refractivity contribution >= 4 is 45.0 Å². The number of thiophene rings is 2. The van der Waals surface area contributed by atoms with Gasteiger partial charge in [0.1, 0.15) is 0 Å². The highest BCUT2D eigenvalue weighted by Gasteiger charge is 2.12. The minimum Gasteiger partial charge on any atom is -0.266 e. The highest BCUT2D eigenvalue weighted by atomic mass is 32.1. The molecule has 0 amide bonds. The van der Waals surface area contributed by atoms with Crippen LogP contribution < -0.4 is 10.1 Å². The molecule has 98 valence electrons. The Labute approximate surface area is 125 Å². The van der Waals surface area contributed by atoms with Gasteiger partial charge in [0.15, 0.2) is 5.82 Å². The molecule has 0 aliphatic carbocycles. The topological polar surface area (TPSA) is 47.3 Å². The van der Waals surface area contributed by atoms with Crippen molar-refractivity contribution in [2.75, 3.05) is 0 Å². The fraction of sp³-hybridized carbons (Fsp3) is 0. The first kappa shape index (κ1) is 12.0. The zero-order chi connectivity index (χ0) is 13.5. The second-order valence-electron chi connectivity index (χ2n) is 4.04. The monoisotopic (exact) mass is 317 g/mol. The smallest absolute Gasteiger partial charge is 0.266 e. The minimum absolute atomic E-state index is 0.103. The average molecular weight is 317 g/mol. The van der Waals surface area contributed by atoms with Crippen molar-refractivity contribution < 1.29 is 0 Å². The quantitative estimate of drug-likeness (QED) is 0.571. The van der Waals surface area contributed by atoms with Crippen LogP contribution in [-0.2, 0) is 0 Å². The molecule has 0 atom stereocenters. The van der Waals surface area contributed by atoms with E-state index in [-0.39, 0.29) is 5.56 Å². The van der Waals surface area contributed by atoms with Crippen molar-refractivity contribution in [1.82, 2.24) is 14.6 Å². The van der Waals surface area contributed by atoms with E-state index in [1.165, 1.54) is 15.9 Å². The zero-order valence-electron chi connectivity index (χ0n) is 10.0. The van der Waals surface area contributed by atoms with Crippen molar-refractivity contribution in [3.05, 3.63) is 54.8 Å². The Morgan fingerprint density at radius 3 is 2.70 bits per heavy atom. The van der Waals surface area contributed by atoms with Crippen LogP contribution in [-0.4, -0.2) is 14.6 Å². The van der Waals surface area contributed by atoms with E-state index in [9.17, 15) is 4.79 Å². The molecule has 4 heterocycles. The van der Waals surface area contributed by atoms with Gasteiger partial charge in [-0.2, -0.15) is 9.50 Å². The third-order valence-corrected chi connectivity index (χ3v) is 5.38. The summed E-state index contributed by atoms with van der Waals surface area (Å²) >= 11 is 4.54. The molecule has 0 aromatic carbocycles. The van der Waals surface area contributed by atoms with Crippen LogP contribution >= 0.6 is 34.0 Å². The summed E-state index contributed by atoms with van der Waals surface area (Å²) < 4.78 is 2.05. The number of aromatic nitrogens is 3. The largest absolute Gasteiger partial charge is 0.291 e. The van der Waals surface area contributed by atoms with Crippen LogP contribution in [0.1, 0.15) is 4.88 Å². The zero-order valence-corrected chi connectivity index (χ0v) is 12.5. The number of hydrogen-bond acceptors (Lipinski definition) is 6. The number of rotatable bonds is 2. The molecule has 0 saturated heterocycles. The van der Waals surface area contributed by atoms with E-state index < -0.39 is 0 Å². The van der Waals surface area contributed by atoms with E-state index in [0.29, 0.717) is 15.3 Å². The number of fused-ring (bicyclic) bond motifs is 1. The third kappa shape index (κ3) is 1.91. The molecule has 0 bridgehead atoms. The first-order valence-corrected chi connectivity index (χ1v) is 8.37. The fourth-order valence-electron chi connectivity index (χ4n) is 1.85. The molecule has 0 aliphatic heterocycles. The fourth-order valence-corrected chi connectivity index (χ4v) is 4.13. The van der Waals surface area contributed by atoms with Crippen molar-refractivity contribution in [3.8, 4) is 10.7 Å². The first-order valence-electron chi connectivity index (χ1n) is 5.80. The molecular formula is C13H7N3OS3. The van der Waals surface area contributed by atoms with Crippen LogP contribution in [0.25, 0.3) is 21.7 Å². The van der Waals surface area contributed by atoms with Gasteiger partial charge in [-0.3, -0.25) is 4.79 Å². The summed E-state index contributed by atoms with van der Waals surface area (Å²) in [5.41, 5.74) is -0.103. The van der Waals surface area contributed by atoms with Gasteiger partial charge < -0.3 is 0 Å². The Morgan fingerprint density at radius 2 is 2.00 bits per heavy atom. The SMILES string of the molecule is O=c1c(=Cc2cccs2)sc2nc(-c3cccs3)nn12. The van der Waals surface area contributed by atoms with E-state index in [1.54, 1.807) is 22.7 Å². The molecule has 4 nitrogen and oxygen atoms in total. The summed E-state index contributed by atoms with van der Waals surface area (Å²) in [4.78, 5) is 19.4. The van der Waals surface area contributed by atoms with Gasteiger partial charge in [-0.25, -0.2) is 0 Å². The summed E-state index contributed by atoms with van der Waals surface area (Å²) in [6.45, 7) is 0. The lowest BCUT2D eigenvalue weighted by molar-refractivity contribution is 0.938. The summed E-state index contributed by atoms with van der Waals surface area (Å²) in [5.74, 6) is 0.617. The lowest BCUT2D eigenvalue weighted by atomic mass is 10.4. The highest BCUT2D eigenvalue weighted by molar-refractivity contribution is 7.15. The van der Waals surface area contributed by atoms with Gasteiger partial charge in [-0.05, 0) is 29.0 Å².